The maximum absolute atomic E-state index is 13.5. The smallest absolute Gasteiger partial charge is 0.204 e. The van der Waals surface area contributed by atoms with Gasteiger partial charge >= 0.3 is 0 Å². The van der Waals surface area contributed by atoms with E-state index in [1.807, 2.05) is 60.0 Å². The lowest BCUT2D eigenvalue weighted by atomic mass is 9.87. The summed E-state index contributed by atoms with van der Waals surface area (Å²) in [5.41, 5.74) is 9.48. The highest BCUT2D eigenvalue weighted by molar-refractivity contribution is 6.05. The van der Waals surface area contributed by atoms with E-state index in [0.29, 0.717) is 26.4 Å². The summed E-state index contributed by atoms with van der Waals surface area (Å²) < 4.78 is 29.2. The molecular weight excluding hydrogens is 833 g/mol. The monoisotopic (exact) mass is 888 g/mol. The van der Waals surface area contributed by atoms with Crippen LogP contribution in [0.5, 0.6) is 0 Å². The van der Waals surface area contributed by atoms with Crippen molar-refractivity contribution in [3.05, 3.63) is 119 Å². The number of aryl methyl sites for hydroxylation is 2. The number of rotatable bonds is 6. The average Bonchev–Trinajstić information content (AvgIpc) is 3.97. The molecule has 0 bridgehead atoms. The van der Waals surface area contributed by atoms with Crippen LogP contribution in [0.1, 0.15) is 111 Å². The van der Waals surface area contributed by atoms with Crippen LogP contribution in [0.25, 0.3) is 65.6 Å². The Morgan fingerprint density at radius 2 is 1.14 bits per heavy atom. The fourth-order valence-electron chi connectivity index (χ4n) is 10.7. The summed E-state index contributed by atoms with van der Waals surface area (Å²) in [6.45, 7) is 8.25. The van der Waals surface area contributed by atoms with Gasteiger partial charge in [0.15, 0.2) is 18.6 Å². The quantitative estimate of drug-likeness (QED) is 0.117. The number of hydrogen-bond acceptors (Lipinski definition) is 10. The van der Waals surface area contributed by atoms with Gasteiger partial charge in [-0.25, -0.2) is 9.36 Å². The molecule has 0 N–H and O–H groups in total. The van der Waals surface area contributed by atoms with Gasteiger partial charge in [-0.15, -0.1) is 0 Å². The van der Waals surface area contributed by atoms with Crippen molar-refractivity contribution in [1.82, 2.24) is 29.5 Å². The van der Waals surface area contributed by atoms with E-state index in [1.54, 1.807) is 12.4 Å². The highest BCUT2D eigenvalue weighted by Gasteiger charge is 2.32. The minimum atomic E-state index is -0.0445. The number of nitrogens with zero attached hydrogens (tertiary/aromatic N) is 8. The summed E-state index contributed by atoms with van der Waals surface area (Å²) in [5, 5.41) is 42.5. The molecule has 6 aromatic heterocycles. The molecule has 4 saturated heterocycles. The van der Waals surface area contributed by atoms with Gasteiger partial charge in [0.1, 0.15) is 6.23 Å². The van der Waals surface area contributed by atoms with E-state index in [1.165, 1.54) is 0 Å². The Hall–Kier alpha value is -6.06. The fraction of sp³-hybridized carbons (Fsp3) is 0.423. The molecule has 10 heterocycles. The van der Waals surface area contributed by atoms with Gasteiger partial charge in [-0.05, 0) is 138 Å². The highest BCUT2D eigenvalue weighted by Crippen LogP contribution is 2.41. The topological polar surface area (TPSA) is 152 Å². The molecule has 4 aliphatic rings. The zero-order valence-corrected chi connectivity index (χ0v) is 37.7. The summed E-state index contributed by atoms with van der Waals surface area (Å²) in [5.74, 6) is 0.330. The first-order chi connectivity index (χ1) is 32.4. The Morgan fingerprint density at radius 3 is 1.68 bits per heavy atom. The Kier molecular flexibility index (Phi) is 11.8. The second-order valence-electron chi connectivity index (χ2n) is 18.4. The van der Waals surface area contributed by atoms with Crippen molar-refractivity contribution in [1.29, 1.82) is 0 Å². The summed E-state index contributed by atoms with van der Waals surface area (Å²) in [6.07, 6.45) is 20.9. The van der Waals surface area contributed by atoms with Gasteiger partial charge in [0.05, 0.1) is 40.2 Å². The van der Waals surface area contributed by atoms with Crippen molar-refractivity contribution in [2.24, 2.45) is 0 Å². The summed E-state index contributed by atoms with van der Waals surface area (Å²) in [6, 6.07) is 16.7. The molecule has 340 valence electrons. The van der Waals surface area contributed by atoms with Gasteiger partial charge in [0, 0.05) is 102 Å². The van der Waals surface area contributed by atoms with E-state index in [0.717, 1.165) is 175 Å². The number of hydrogen-bond donors (Lipinski definition) is 0. The second-order valence-corrected chi connectivity index (χ2v) is 18.4. The SMILES string of the molecule is Cc1cc(-c2c(C3CCOCC3)[n+]([O-])cc3cc4c(cnn4C4CCCCO4)cc23)ccn1.Cc1cc(-c2c(C3CCOCC3)[n+]([O-])cc3cc4nn(C5CCCCO5)cc4cc23)ccn1. The molecule has 0 radical (unpaired) electrons. The standard InChI is InChI=1S/2C26H28N4O3/c1-17-12-19(5-8-27-17)25-22-13-21-15-29(24-4-2-3-9-33-24)28-23(21)14-20(22)16-30(31)26(25)18-6-10-32-11-7-18;1-17-12-19(5-8-27-17)25-22-13-20-15-28-30(24-4-2-3-9-33-24)23(20)14-21(22)16-29(31)26(25)18-6-10-32-11-7-18/h2*5,8,12-16,18,24H,2-4,6-7,9-11H2,1H3. The molecule has 4 aliphatic heterocycles. The molecule has 66 heavy (non-hydrogen) atoms. The van der Waals surface area contributed by atoms with Crippen LogP contribution in [-0.2, 0) is 18.9 Å². The Bertz CT molecular complexity index is 2970. The van der Waals surface area contributed by atoms with Gasteiger partial charge in [-0.2, -0.15) is 19.7 Å². The largest absolute Gasteiger partial charge is 0.618 e. The maximum atomic E-state index is 13.5. The van der Waals surface area contributed by atoms with E-state index in [4.69, 9.17) is 24.0 Å². The number of aromatic nitrogens is 8. The Balaban J connectivity index is 0.000000146. The molecule has 2 atom stereocenters. The van der Waals surface area contributed by atoms with Gasteiger partial charge in [0.25, 0.3) is 0 Å². The van der Waals surface area contributed by atoms with Crippen LogP contribution >= 0.6 is 0 Å². The van der Waals surface area contributed by atoms with Crippen molar-refractivity contribution >= 4 is 43.4 Å². The summed E-state index contributed by atoms with van der Waals surface area (Å²) in [7, 11) is 0. The molecule has 8 aromatic rings. The molecule has 0 saturated carbocycles. The lowest BCUT2D eigenvalue weighted by Gasteiger charge is -2.25. The van der Waals surface area contributed by atoms with Crippen molar-refractivity contribution in [2.75, 3.05) is 39.6 Å². The zero-order valence-electron chi connectivity index (χ0n) is 37.7. The van der Waals surface area contributed by atoms with E-state index in [9.17, 15) is 10.4 Å². The normalized spacial score (nSPS) is 20.0. The lowest BCUT2D eigenvalue weighted by Crippen LogP contribution is -2.36. The first-order valence-electron chi connectivity index (χ1n) is 23.8. The molecule has 0 spiro atoms. The maximum Gasteiger partial charge on any atom is 0.204 e. The first kappa shape index (κ1) is 42.6. The summed E-state index contributed by atoms with van der Waals surface area (Å²) in [4.78, 5) is 8.77. The third-order valence-corrected chi connectivity index (χ3v) is 14.0. The highest BCUT2D eigenvalue weighted by atomic mass is 16.5. The van der Waals surface area contributed by atoms with Gasteiger partial charge in [0.2, 0.25) is 11.4 Å². The third kappa shape index (κ3) is 8.25. The van der Waals surface area contributed by atoms with Crippen molar-refractivity contribution in [2.45, 2.75) is 102 Å². The minimum absolute atomic E-state index is 0.0150. The molecule has 14 nitrogen and oxygen atoms in total. The molecular formula is C52H56N8O6. The number of pyridine rings is 4. The van der Waals surface area contributed by atoms with Crippen molar-refractivity contribution in [3.63, 3.8) is 0 Å². The van der Waals surface area contributed by atoms with Crippen LogP contribution in [0.4, 0.5) is 0 Å². The lowest BCUT2D eigenvalue weighted by molar-refractivity contribution is -0.614. The van der Waals surface area contributed by atoms with E-state index < -0.39 is 0 Å². The van der Waals surface area contributed by atoms with Crippen molar-refractivity contribution < 1.29 is 28.4 Å². The third-order valence-electron chi connectivity index (χ3n) is 14.0. The van der Waals surface area contributed by atoms with Crippen LogP contribution in [0.15, 0.2) is 85.7 Å². The predicted octanol–water partition coefficient (Wildman–Crippen LogP) is 9.57. The van der Waals surface area contributed by atoms with Crippen LogP contribution in [0.2, 0.25) is 0 Å². The molecule has 2 aromatic carbocycles. The Morgan fingerprint density at radius 1 is 0.591 bits per heavy atom. The molecule has 14 heteroatoms. The molecule has 0 aliphatic carbocycles. The number of fused-ring (bicyclic) bond motifs is 4. The van der Waals surface area contributed by atoms with Gasteiger partial charge < -0.3 is 29.4 Å². The molecule has 12 rings (SSSR count). The minimum Gasteiger partial charge on any atom is -0.618 e. The zero-order chi connectivity index (χ0) is 44.7. The molecule has 4 fully saturated rings. The first-order valence-corrected chi connectivity index (χ1v) is 23.8. The summed E-state index contributed by atoms with van der Waals surface area (Å²) >= 11 is 0. The Labute approximate surface area is 383 Å². The average molecular weight is 889 g/mol. The van der Waals surface area contributed by atoms with Crippen LogP contribution in [0, 0.1) is 24.3 Å². The van der Waals surface area contributed by atoms with Crippen molar-refractivity contribution in [3.8, 4) is 22.3 Å². The number of ether oxygens (including phenoxy) is 4. The van der Waals surface area contributed by atoms with Crippen LogP contribution in [0.3, 0.4) is 0 Å². The van der Waals surface area contributed by atoms with E-state index in [2.05, 4.69) is 51.6 Å². The fourth-order valence-corrected chi connectivity index (χ4v) is 10.7. The van der Waals surface area contributed by atoms with Gasteiger partial charge in [-0.3, -0.25) is 9.97 Å². The predicted molar refractivity (Wildman–Crippen MR) is 252 cm³/mol. The second kappa shape index (κ2) is 18.3. The molecule has 2 unspecified atom stereocenters. The number of benzene rings is 2. The van der Waals surface area contributed by atoms with E-state index in [-0.39, 0.29) is 24.3 Å². The van der Waals surface area contributed by atoms with Gasteiger partial charge in [-0.1, -0.05) is 0 Å². The van der Waals surface area contributed by atoms with Crippen LogP contribution < -0.4 is 9.46 Å². The molecule has 0 amide bonds. The van der Waals surface area contributed by atoms with E-state index >= 15 is 0 Å². The van der Waals surface area contributed by atoms with Crippen LogP contribution in [-0.4, -0.2) is 69.2 Å².